The van der Waals surface area contributed by atoms with Gasteiger partial charge in [-0.3, -0.25) is 14.4 Å². The molecule has 110 valence electrons. The van der Waals surface area contributed by atoms with Gasteiger partial charge >= 0.3 is 17.9 Å². The van der Waals surface area contributed by atoms with Crippen molar-refractivity contribution in [3.8, 4) is 0 Å². The van der Waals surface area contributed by atoms with E-state index >= 15 is 0 Å². The maximum Gasteiger partial charge on any atom is 0.309 e. The highest BCUT2D eigenvalue weighted by molar-refractivity contribution is 5.79. The van der Waals surface area contributed by atoms with Crippen molar-refractivity contribution in [3.63, 3.8) is 0 Å². The number of quaternary nitrogens is 1. The number of ether oxygens (including phenoxy) is 1. The van der Waals surface area contributed by atoms with Crippen molar-refractivity contribution in [2.75, 3.05) is 27.7 Å². The zero-order chi connectivity index (χ0) is 15.2. The number of rotatable bonds is 8. The molecule has 0 saturated heterocycles. The Morgan fingerprint density at radius 1 is 1.05 bits per heavy atom. The molecular weight excluding hydrogens is 254 g/mol. The summed E-state index contributed by atoms with van der Waals surface area (Å²) in [4.78, 5) is 32.9. The molecule has 0 aliphatic rings. The van der Waals surface area contributed by atoms with E-state index in [1.807, 2.05) is 21.1 Å². The van der Waals surface area contributed by atoms with E-state index in [4.69, 9.17) is 14.9 Å². The second-order valence-electron chi connectivity index (χ2n) is 5.63. The fourth-order valence-corrected chi connectivity index (χ4v) is 1.57. The highest BCUT2D eigenvalue weighted by Gasteiger charge is 2.27. The number of aliphatic carboxylic acids is 2. The standard InChI is InChI=1S/C12H21NO6/c1-8(5-10(14)15)12(18)19-9(6-11(16)17)7-13(2,3)4/h8-9H,5-7H2,1-4H3,(H-,14,15,16,17)/p+1. The first-order valence-electron chi connectivity index (χ1n) is 5.96. The number of hydrogen-bond donors (Lipinski definition) is 2. The number of carboxylic acid groups (broad SMARTS) is 2. The van der Waals surface area contributed by atoms with E-state index in [1.165, 1.54) is 6.92 Å². The van der Waals surface area contributed by atoms with Gasteiger partial charge < -0.3 is 19.4 Å². The molecule has 0 saturated carbocycles. The van der Waals surface area contributed by atoms with Gasteiger partial charge in [-0.2, -0.15) is 0 Å². The van der Waals surface area contributed by atoms with Crippen LogP contribution in [-0.2, 0) is 19.1 Å². The molecule has 7 nitrogen and oxygen atoms in total. The molecule has 0 aromatic rings. The predicted octanol–water partition coefficient (Wildman–Crippen LogP) is 0.190. The summed E-state index contributed by atoms with van der Waals surface area (Å²) in [5.74, 6) is -3.62. The monoisotopic (exact) mass is 276 g/mol. The van der Waals surface area contributed by atoms with Crippen LogP contribution < -0.4 is 0 Å². The summed E-state index contributed by atoms with van der Waals surface area (Å²) < 4.78 is 5.54. The lowest BCUT2D eigenvalue weighted by molar-refractivity contribution is -0.873. The Kier molecular flexibility index (Phi) is 6.47. The third kappa shape index (κ3) is 9.01. The SMILES string of the molecule is CC(CC(=O)O)C(=O)OC(CC(=O)O)C[N+](C)(C)C. The van der Waals surface area contributed by atoms with E-state index in [1.54, 1.807) is 0 Å². The van der Waals surface area contributed by atoms with Crippen molar-refractivity contribution < 1.29 is 33.8 Å². The fraction of sp³-hybridized carbons (Fsp3) is 0.750. The van der Waals surface area contributed by atoms with E-state index < -0.39 is 29.9 Å². The van der Waals surface area contributed by atoms with Crippen LogP contribution in [0.25, 0.3) is 0 Å². The second kappa shape index (κ2) is 7.08. The van der Waals surface area contributed by atoms with Gasteiger partial charge in [0.05, 0.1) is 39.9 Å². The lowest BCUT2D eigenvalue weighted by Gasteiger charge is -2.28. The number of carboxylic acids is 2. The lowest BCUT2D eigenvalue weighted by atomic mass is 10.1. The molecule has 0 aromatic heterocycles. The number of carbonyl (C=O) groups excluding carboxylic acids is 1. The molecule has 0 radical (unpaired) electrons. The highest BCUT2D eigenvalue weighted by Crippen LogP contribution is 2.11. The van der Waals surface area contributed by atoms with Gasteiger partial charge in [-0.25, -0.2) is 0 Å². The first kappa shape index (κ1) is 17.4. The Bertz CT molecular complexity index is 347. The Balaban J connectivity index is 4.58. The average molecular weight is 276 g/mol. The molecule has 19 heavy (non-hydrogen) atoms. The van der Waals surface area contributed by atoms with Crippen molar-refractivity contribution in [2.45, 2.75) is 25.9 Å². The summed E-state index contributed by atoms with van der Waals surface area (Å²) in [5, 5.41) is 17.4. The molecule has 0 aliphatic heterocycles. The molecule has 0 rings (SSSR count). The van der Waals surface area contributed by atoms with E-state index in [-0.39, 0.29) is 12.8 Å². The summed E-state index contributed by atoms with van der Waals surface area (Å²) in [6.45, 7) is 1.79. The molecule has 0 spiro atoms. The normalized spacial score (nSPS) is 14.5. The zero-order valence-corrected chi connectivity index (χ0v) is 11.8. The smallest absolute Gasteiger partial charge is 0.309 e. The molecule has 0 aliphatic carbocycles. The molecule has 0 aromatic carbocycles. The van der Waals surface area contributed by atoms with Crippen LogP contribution in [0.3, 0.4) is 0 Å². The average Bonchev–Trinajstić information content (AvgIpc) is 2.11. The van der Waals surface area contributed by atoms with Crippen molar-refractivity contribution >= 4 is 17.9 Å². The molecule has 2 N–H and O–H groups in total. The number of likely N-dealkylation sites (N-methyl/N-ethyl adjacent to an activating group) is 1. The number of nitrogens with zero attached hydrogens (tertiary/aromatic N) is 1. The zero-order valence-electron chi connectivity index (χ0n) is 11.8. The van der Waals surface area contributed by atoms with Crippen molar-refractivity contribution in [1.29, 1.82) is 0 Å². The number of carbonyl (C=O) groups is 3. The molecule has 2 unspecified atom stereocenters. The summed E-state index contributed by atoms with van der Waals surface area (Å²) >= 11 is 0. The first-order valence-corrected chi connectivity index (χ1v) is 5.96. The summed E-state index contributed by atoms with van der Waals surface area (Å²) in [7, 11) is 5.55. The fourth-order valence-electron chi connectivity index (χ4n) is 1.57. The van der Waals surface area contributed by atoms with Crippen LogP contribution in [0.15, 0.2) is 0 Å². The van der Waals surface area contributed by atoms with Crippen LogP contribution in [0.4, 0.5) is 0 Å². The molecule has 0 fully saturated rings. The minimum Gasteiger partial charge on any atom is -0.481 e. The van der Waals surface area contributed by atoms with Gasteiger partial charge in [0.2, 0.25) is 0 Å². The van der Waals surface area contributed by atoms with Gasteiger partial charge in [-0.15, -0.1) is 0 Å². The largest absolute Gasteiger partial charge is 0.481 e. The summed E-state index contributed by atoms with van der Waals surface area (Å²) in [5.41, 5.74) is 0. The van der Waals surface area contributed by atoms with E-state index in [0.717, 1.165) is 0 Å². The Hall–Kier alpha value is -1.63. The van der Waals surface area contributed by atoms with Crippen molar-refractivity contribution in [2.24, 2.45) is 5.92 Å². The van der Waals surface area contributed by atoms with Gasteiger partial charge in [0, 0.05) is 0 Å². The van der Waals surface area contributed by atoms with Crippen molar-refractivity contribution in [3.05, 3.63) is 0 Å². The Morgan fingerprint density at radius 2 is 1.53 bits per heavy atom. The van der Waals surface area contributed by atoms with Gasteiger partial charge in [-0.05, 0) is 0 Å². The first-order chi connectivity index (χ1) is 8.51. The van der Waals surface area contributed by atoms with Crippen LogP contribution in [-0.4, -0.2) is 66.4 Å². The van der Waals surface area contributed by atoms with E-state index in [0.29, 0.717) is 11.0 Å². The number of esters is 1. The van der Waals surface area contributed by atoms with Crippen LogP contribution >= 0.6 is 0 Å². The topological polar surface area (TPSA) is 101 Å². The molecule has 0 heterocycles. The third-order valence-electron chi connectivity index (χ3n) is 2.32. The summed E-state index contributed by atoms with van der Waals surface area (Å²) in [6.07, 6.45) is -1.38. The van der Waals surface area contributed by atoms with Crippen LogP contribution in [0.2, 0.25) is 0 Å². The Labute approximate surface area is 112 Å². The third-order valence-corrected chi connectivity index (χ3v) is 2.32. The number of hydrogen-bond acceptors (Lipinski definition) is 4. The van der Waals surface area contributed by atoms with Crippen molar-refractivity contribution in [1.82, 2.24) is 0 Å². The molecular formula is C12H22NO6+. The lowest BCUT2D eigenvalue weighted by Crippen LogP contribution is -2.44. The van der Waals surface area contributed by atoms with Crippen LogP contribution in [0.1, 0.15) is 19.8 Å². The van der Waals surface area contributed by atoms with E-state index in [2.05, 4.69) is 0 Å². The maximum atomic E-state index is 11.7. The maximum absolute atomic E-state index is 11.7. The van der Waals surface area contributed by atoms with Crippen LogP contribution in [0.5, 0.6) is 0 Å². The molecule has 0 bridgehead atoms. The van der Waals surface area contributed by atoms with Gasteiger partial charge in [0.15, 0.2) is 6.10 Å². The van der Waals surface area contributed by atoms with Gasteiger partial charge in [0.1, 0.15) is 6.54 Å². The molecule has 0 amide bonds. The minimum absolute atomic E-state index is 0.291. The Morgan fingerprint density at radius 3 is 1.89 bits per heavy atom. The van der Waals surface area contributed by atoms with Gasteiger partial charge in [-0.1, -0.05) is 6.92 Å². The second-order valence-corrected chi connectivity index (χ2v) is 5.63. The molecule has 2 atom stereocenters. The quantitative estimate of drug-likeness (QED) is 0.485. The molecule has 7 heteroatoms. The highest BCUT2D eigenvalue weighted by atomic mass is 16.5. The predicted molar refractivity (Wildman–Crippen MR) is 66.4 cm³/mol. The summed E-state index contributed by atoms with van der Waals surface area (Å²) in [6, 6.07) is 0. The van der Waals surface area contributed by atoms with Crippen LogP contribution in [0, 0.1) is 5.92 Å². The van der Waals surface area contributed by atoms with E-state index in [9.17, 15) is 14.4 Å². The minimum atomic E-state index is -1.09. The van der Waals surface area contributed by atoms with Gasteiger partial charge in [0.25, 0.3) is 0 Å².